The molecule has 7 heteroatoms. The van der Waals surface area contributed by atoms with Crippen molar-refractivity contribution in [1.82, 2.24) is 5.01 Å². The van der Waals surface area contributed by atoms with Crippen molar-refractivity contribution in [2.75, 3.05) is 14.2 Å². The first-order valence-electron chi connectivity index (χ1n) is 12.1. The molecule has 1 amide bonds. The Labute approximate surface area is 220 Å². The highest BCUT2D eigenvalue weighted by Crippen LogP contribution is 2.37. The summed E-state index contributed by atoms with van der Waals surface area (Å²) in [5, 5.41) is 6.27. The van der Waals surface area contributed by atoms with Gasteiger partial charge in [-0.3, -0.25) is 4.79 Å². The third kappa shape index (κ3) is 5.13. The zero-order valence-electron chi connectivity index (χ0n) is 21.0. The van der Waals surface area contributed by atoms with Crippen LogP contribution in [0.15, 0.2) is 108 Å². The fourth-order valence-electron chi connectivity index (χ4n) is 4.34. The van der Waals surface area contributed by atoms with Crippen LogP contribution in [-0.2, 0) is 0 Å². The molecule has 1 unspecified atom stereocenters. The van der Waals surface area contributed by atoms with Gasteiger partial charge in [0.2, 0.25) is 0 Å². The lowest BCUT2D eigenvalue weighted by Gasteiger charge is -2.22. The summed E-state index contributed by atoms with van der Waals surface area (Å²) in [5.74, 6) is 0.839. The quantitative estimate of drug-likeness (QED) is 0.230. The van der Waals surface area contributed by atoms with Crippen LogP contribution in [0.5, 0.6) is 17.2 Å². The molecule has 7 nitrogen and oxygen atoms in total. The van der Waals surface area contributed by atoms with Gasteiger partial charge in [-0.1, -0.05) is 48.5 Å². The summed E-state index contributed by atoms with van der Waals surface area (Å²) in [6.45, 7) is 0. The lowest BCUT2D eigenvalue weighted by Crippen LogP contribution is -2.27. The highest BCUT2D eigenvalue weighted by Gasteiger charge is 2.35. The SMILES string of the molecule is COc1ccc(C2CC(c3ccc(OC)cc3OC(=O)c3ccccc3)=NN2C(=O)c2ccccc2)cc1. The van der Waals surface area contributed by atoms with Crippen LogP contribution in [0.4, 0.5) is 0 Å². The van der Waals surface area contributed by atoms with Gasteiger partial charge in [0.1, 0.15) is 17.2 Å². The highest BCUT2D eigenvalue weighted by atomic mass is 16.5. The number of ether oxygens (including phenoxy) is 3. The summed E-state index contributed by atoms with van der Waals surface area (Å²) < 4.78 is 16.5. The van der Waals surface area contributed by atoms with Crippen LogP contribution in [-0.4, -0.2) is 36.8 Å². The number of benzene rings is 4. The Hall–Kier alpha value is -4.91. The average molecular weight is 507 g/mol. The van der Waals surface area contributed by atoms with Crippen LogP contribution >= 0.6 is 0 Å². The first kappa shape index (κ1) is 24.8. The maximum Gasteiger partial charge on any atom is 0.343 e. The number of carbonyl (C=O) groups excluding carboxylic acids is 2. The van der Waals surface area contributed by atoms with Crippen LogP contribution in [0.25, 0.3) is 0 Å². The predicted molar refractivity (Wildman–Crippen MR) is 144 cm³/mol. The Morgan fingerprint density at radius 3 is 2.00 bits per heavy atom. The molecule has 4 aromatic rings. The lowest BCUT2D eigenvalue weighted by molar-refractivity contribution is 0.0708. The molecular weight excluding hydrogens is 480 g/mol. The smallest absolute Gasteiger partial charge is 0.343 e. The molecule has 190 valence electrons. The van der Waals surface area contributed by atoms with E-state index >= 15 is 0 Å². The summed E-state index contributed by atoms with van der Waals surface area (Å²) in [4.78, 5) is 26.5. The third-order valence-corrected chi connectivity index (χ3v) is 6.35. The number of esters is 1. The molecule has 1 aliphatic rings. The molecule has 4 aromatic carbocycles. The molecule has 0 spiro atoms. The maximum absolute atomic E-state index is 13.6. The minimum Gasteiger partial charge on any atom is -0.497 e. The van der Waals surface area contributed by atoms with Crippen molar-refractivity contribution in [3.8, 4) is 17.2 Å². The lowest BCUT2D eigenvalue weighted by atomic mass is 9.97. The molecule has 1 heterocycles. The highest BCUT2D eigenvalue weighted by molar-refractivity contribution is 6.07. The van der Waals surface area contributed by atoms with E-state index < -0.39 is 5.97 Å². The zero-order valence-corrected chi connectivity index (χ0v) is 21.0. The summed E-state index contributed by atoms with van der Waals surface area (Å²) in [6.07, 6.45) is 0.424. The largest absolute Gasteiger partial charge is 0.497 e. The predicted octanol–water partition coefficient (Wildman–Crippen LogP) is 5.91. The van der Waals surface area contributed by atoms with E-state index in [9.17, 15) is 9.59 Å². The Kier molecular flexibility index (Phi) is 7.17. The van der Waals surface area contributed by atoms with Crippen LogP contribution in [0.1, 0.15) is 44.3 Å². The third-order valence-electron chi connectivity index (χ3n) is 6.35. The number of hydrogen-bond donors (Lipinski definition) is 0. The van der Waals surface area contributed by atoms with Crippen molar-refractivity contribution in [3.63, 3.8) is 0 Å². The number of methoxy groups -OCH3 is 2. The van der Waals surface area contributed by atoms with Gasteiger partial charge in [0.15, 0.2) is 0 Å². The summed E-state index contributed by atoms with van der Waals surface area (Å²) >= 11 is 0. The monoisotopic (exact) mass is 506 g/mol. The fourth-order valence-corrected chi connectivity index (χ4v) is 4.34. The molecule has 0 N–H and O–H groups in total. The normalized spacial score (nSPS) is 14.5. The zero-order chi connectivity index (χ0) is 26.5. The average Bonchev–Trinajstić information content (AvgIpc) is 3.43. The van der Waals surface area contributed by atoms with Gasteiger partial charge in [0.05, 0.1) is 31.5 Å². The minimum absolute atomic E-state index is 0.224. The number of hydrazone groups is 1. The summed E-state index contributed by atoms with van der Waals surface area (Å²) in [7, 11) is 3.16. The van der Waals surface area contributed by atoms with Crippen LogP contribution in [0, 0.1) is 0 Å². The molecule has 0 saturated heterocycles. The Balaban J connectivity index is 1.54. The standard InChI is InChI=1S/C31H26N2O5/c1-36-24-15-13-21(14-16-24)28-20-27(32-33(28)30(34)22-9-5-3-6-10-22)26-18-17-25(37-2)19-29(26)38-31(35)23-11-7-4-8-12-23/h3-19,28H,20H2,1-2H3. The molecule has 38 heavy (non-hydrogen) atoms. The van der Waals surface area contributed by atoms with E-state index in [-0.39, 0.29) is 11.9 Å². The Morgan fingerprint density at radius 1 is 0.763 bits per heavy atom. The Bertz CT molecular complexity index is 1470. The van der Waals surface area contributed by atoms with Gasteiger partial charge < -0.3 is 14.2 Å². The number of hydrogen-bond acceptors (Lipinski definition) is 6. The van der Waals surface area contributed by atoms with Gasteiger partial charge in [-0.2, -0.15) is 5.10 Å². The van der Waals surface area contributed by atoms with Crippen LogP contribution in [0.3, 0.4) is 0 Å². The molecule has 0 aromatic heterocycles. The van der Waals surface area contributed by atoms with Gasteiger partial charge in [-0.15, -0.1) is 0 Å². The molecular formula is C31H26N2O5. The van der Waals surface area contributed by atoms with Crippen molar-refractivity contribution in [2.45, 2.75) is 12.5 Å². The molecule has 5 rings (SSSR count). The van der Waals surface area contributed by atoms with Gasteiger partial charge in [0.25, 0.3) is 5.91 Å². The second-order valence-electron chi connectivity index (χ2n) is 8.67. The number of carbonyl (C=O) groups is 2. The van der Waals surface area contributed by atoms with E-state index in [2.05, 4.69) is 0 Å². The summed E-state index contributed by atoms with van der Waals surface area (Å²) in [5.41, 5.74) is 3.09. The topological polar surface area (TPSA) is 77.4 Å². The van der Waals surface area contributed by atoms with E-state index in [1.807, 2.05) is 48.5 Å². The Morgan fingerprint density at radius 2 is 1.37 bits per heavy atom. The minimum atomic E-state index is -0.498. The fraction of sp³-hybridized carbons (Fsp3) is 0.129. The molecule has 0 bridgehead atoms. The second kappa shape index (κ2) is 11.0. The number of rotatable bonds is 7. The van der Waals surface area contributed by atoms with Gasteiger partial charge in [0, 0.05) is 23.6 Å². The van der Waals surface area contributed by atoms with Crippen molar-refractivity contribution >= 4 is 17.6 Å². The van der Waals surface area contributed by atoms with E-state index in [0.29, 0.717) is 40.3 Å². The maximum atomic E-state index is 13.6. The molecule has 1 atom stereocenters. The molecule has 0 fully saturated rings. The van der Waals surface area contributed by atoms with Gasteiger partial charge in [-0.05, 0) is 54.1 Å². The van der Waals surface area contributed by atoms with E-state index in [0.717, 1.165) is 11.3 Å². The second-order valence-corrected chi connectivity index (χ2v) is 8.67. The van der Waals surface area contributed by atoms with Crippen molar-refractivity contribution in [1.29, 1.82) is 0 Å². The molecule has 0 radical (unpaired) electrons. The number of amides is 1. The molecule has 0 aliphatic carbocycles. The van der Waals surface area contributed by atoms with Gasteiger partial charge >= 0.3 is 5.97 Å². The van der Waals surface area contributed by atoms with Crippen LogP contribution in [0.2, 0.25) is 0 Å². The molecule has 0 saturated carbocycles. The van der Waals surface area contributed by atoms with Crippen LogP contribution < -0.4 is 14.2 Å². The summed E-state index contributed by atoms with van der Waals surface area (Å²) in [6, 6.07) is 30.2. The number of nitrogens with zero attached hydrogens (tertiary/aromatic N) is 2. The van der Waals surface area contributed by atoms with Crippen molar-refractivity contribution in [3.05, 3.63) is 125 Å². The van der Waals surface area contributed by atoms with Crippen molar-refractivity contribution < 1.29 is 23.8 Å². The molecule has 1 aliphatic heterocycles. The van der Waals surface area contributed by atoms with Crippen molar-refractivity contribution in [2.24, 2.45) is 5.10 Å². The van der Waals surface area contributed by atoms with E-state index in [4.69, 9.17) is 19.3 Å². The first-order chi connectivity index (χ1) is 18.6. The van der Waals surface area contributed by atoms with E-state index in [1.165, 1.54) is 5.01 Å². The van der Waals surface area contributed by atoms with E-state index in [1.54, 1.807) is 68.8 Å². The van der Waals surface area contributed by atoms with Gasteiger partial charge in [-0.25, -0.2) is 9.80 Å². The first-order valence-corrected chi connectivity index (χ1v) is 12.1.